The van der Waals surface area contributed by atoms with Crippen LogP contribution in [-0.2, 0) is 17.7 Å². The highest BCUT2D eigenvalue weighted by Gasteiger charge is 2.26. The van der Waals surface area contributed by atoms with Crippen LogP contribution in [0.5, 0.6) is 0 Å². The Morgan fingerprint density at radius 2 is 2.05 bits per heavy atom. The molecule has 1 heterocycles. The first-order valence-corrected chi connectivity index (χ1v) is 7.31. The van der Waals surface area contributed by atoms with Gasteiger partial charge in [-0.25, -0.2) is 4.79 Å². The molecule has 1 aliphatic heterocycles. The Balaban J connectivity index is 2.16. The van der Waals surface area contributed by atoms with E-state index in [1.807, 2.05) is 20.8 Å². The number of hydrogen-bond donors (Lipinski definition) is 0. The first kappa shape index (κ1) is 14.4. The lowest BCUT2D eigenvalue weighted by molar-refractivity contribution is 0.0223. The molecule has 0 fully saturated rings. The minimum Gasteiger partial charge on any atom is -0.444 e. The third-order valence-electron chi connectivity index (χ3n) is 3.08. The molecule has 0 bridgehead atoms. The first-order valence-electron chi connectivity index (χ1n) is 6.52. The standard InChI is InChI=1S/C15H20BrNO2/c1-10-7-11-9-17(14(18)19-15(2,3)4)6-5-12(11)13(16)8-10/h7-8H,5-6,9H2,1-4H3. The summed E-state index contributed by atoms with van der Waals surface area (Å²) >= 11 is 3.60. The molecule has 1 aromatic rings. The lowest BCUT2D eigenvalue weighted by Crippen LogP contribution is -2.40. The molecule has 0 atom stereocenters. The molecule has 2 rings (SSSR count). The number of halogens is 1. The largest absolute Gasteiger partial charge is 0.444 e. The second kappa shape index (κ2) is 5.16. The Kier molecular flexibility index (Phi) is 3.90. The van der Waals surface area contributed by atoms with Gasteiger partial charge in [0.15, 0.2) is 0 Å². The second-order valence-electron chi connectivity index (χ2n) is 6.04. The maximum absolute atomic E-state index is 12.1. The van der Waals surface area contributed by atoms with E-state index in [-0.39, 0.29) is 6.09 Å². The maximum atomic E-state index is 12.1. The van der Waals surface area contributed by atoms with Crippen LogP contribution in [0.15, 0.2) is 16.6 Å². The quantitative estimate of drug-likeness (QED) is 0.720. The highest BCUT2D eigenvalue weighted by molar-refractivity contribution is 9.10. The monoisotopic (exact) mass is 325 g/mol. The van der Waals surface area contributed by atoms with Gasteiger partial charge in [0.1, 0.15) is 5.60 Å². The van der Waals surface area contributed by atoms with E-state index in [0.717, 1.165) is 10.9 Å². The Bertz CT molecular complexity index is 506. The molecule has 1 aliphatic rings. The Labute approximate surface area is 123 Å². The van der Waals surface area contributed by atoms with Crippen molar-refractivity contribution in [2.45, 2.75) is 46.3 Å². The number of benzene rings is 1. The summed E-state index contributed by atoms with van der Waals surface area (Å²) in [6.07, 6.45) is 0.644. The predicted octanol–water partition coefficient (Wildman–Crippen LogP) is 4.05. The van der Waals surface area contributed by atoms with Gasteiger partial charge in [0, 0.05) is 17.6 Å². The van der Waals surface area contributed by atoms with Crippen molar-refractivity contribution in [3.8, 4) is 0 Å². The molecule has 0 saturated carbocycles. The fraction of sp³-hybridized carbons (Fsp3) is 0.533. The van der Waals surface area contributed by atoms with Gasteiger partial charge in [-0.2, -0.15) is 0 Å². The zero-order valence-corrected chi connectivity index (χ0v) is 13.5. The van der Waals surface area contributed by atoms with E-state index >= 15 is 0 Å². The highest BCUT2D eigenvalue weighted by atomic mass is 79.9. The van der Waals surface area contributed by atoms with Crippen LogP contribution >= 0.6 is 15.9 Å². The van der Waals surface area contributed by atoms with Gasteiger partial charge in [-0.05, 0) is 56.9 Å². The van der Waals surface area contributed by atoms with Crippen molar-refractivity contribution in [1.29, 1.82) is 0 Å². The summed E-state index contributed by atoms with van der Waals surface area (Å²) in [4.78, 5) is 13.9. The number of rotatable bonds is 0. The van der Waals surface area contributed by atoms with Gasteiger partial charge in [-0.15, -0.1) is 0 Å². The van der Waals surface area contributed by atoms with Crippen LogP contribution in [0.1, 0.15) is 37.5 Å². The van der Waals surface area contributed by atoms with Gasteiger partial charge < -0.3 is 9.64 Å². The van der Waals surface area contributed by atoms with E-state index in [1.165, 1.54) is 16.7 Å². The van der Waals surface area contributed by atoms with Crippen LogP contribution in [0.25, 0.3) is 0 Å². The van der Waals surface area contributed by atoms with Crippen molar-refractivity contribution in [3.63, 3.8) is 0 Å². The van der Waals surface area contributed by atoms with Crippen molar-refractivity contribution in [1.82, 2.24) is 4.90 Å². The molecular formula is C15H20BrNO2. The molecule has 1 amide bonds. The SMILES string of the molecule is Cc1cc(Br)c2c(c1)CN(C(=O)OC(C)(C)C)CC2. The Hall–Kier alpha value is -1.03. The number of hydrogen-bond acceptors (Lipinski definition) is 2. The van der Waals surface area contributed by atoms with E-state index in [9.17, 15) is 4.79 Å². The summed E-state index contributed by atoms with van der Waals surface area (Å²) in [5.74, 6) is 0. The van der Waals surface area contributed by atoms with Crippen molar-refractivity contribution < 1.29 is 9.53 Å². The number of carbonyl (C=O) groups is 1. The minimum atomic E-state index is -0.440. The molecule has 0 saturated heterocycles. The van der Waals surface area contributed by atoms with E-state index in [2.05, 4.69) is 35.0 Å². The fourth-order valence-electron chi connectivity index (χ4n) is 2.28. The number of aryl methyl sites for hydroxylation is 1. The molecule has 4 heteroatoms. The molecule has 0 radical (unpaired) electrons. The lowest BCUT2D eigenvalue weighted by Gasteiger charge is -2.31. The molecule has 0 aromatic heterocycles. The molecular weight excluding hydrogens is 306 g/mol. The van der Waals surface area contributed by atoms with Crippen molar-refractivity contribution in [3.05, 3.63) is 33.3 Å². The average Bonchev–Trinajstić information content (AvgIpc) is 2.25. The van der Waals surface area contributed by atoms with Crippen LogP contribution in [0.3, 0.4) is 0 Å². The summed E-state index contributed by atoms with van der Waals surface area (Å²) in [6, 6.07) is 4.28. The summed E-state index contributed by atoms with van der Waals surface area (Å²) in [5, 5.41) is 0. The predicted molar refractivity (Wildman–Crippen MR) is 79.2 cm³/mol. The second-order valence-corrected chi connectivity index (χ2v) is 6.89. The molecule has 0 N–H and O–H groups in total. The van der Waals surface area contributed by atoms with Crippen LogP contribution in [0.4, 0.5) is 4.79 Å². The van der Waals surface area contributed by atoms with Gasteiger partial charge in [0.2, 0.25) is 0 Å². The van der Waals surface area contributed by atoms with Gasteiger partial charge in [0.25, 0.3) is 0 Å². The maximum Gasteiger partial charge on any atom is 0.410 e. The van der Waals surface area contributed by atoms with Crippen LogP contribution in [0.2, 0.25) is 0 Å². The summed E-state index contributed by atoms with van der Waals surface area (Å²) < 4.78 is 6.57. The third kappa shape index (κ3) is 3.50. The third-order valence-corrected chi connectivity index (χ3v) is 3.78. The van der Waals surface area contributed by atoms with E-state index < -0.39 is 5.60 Å². The van der Waals surface area contributed by atoms with E-state index in [4.69, 9.17) is 4.74 Å². The summed E-state index contributed by atoms with van der Waals surface area (Å²) in [7, 11) is 0. The van der Waals surface area contributed by atoms with E-state index in [1.54, 1.807) is 4.90 Å². The smallest absolute Gasteiger partial charge is 0.410 e. The molecule has 0 spiro atoms. The van der Waals surface area contributed by atoms with Gasteiger partial charge in [-0.3, -0.25) is 0 Å². The van der Waals surface area contributed by atoms with E-state index in [0.29, 0.717) is 13.1 Å². The number of ether oxygens (including phenoxy) is 1. The van der Waals surface area contributed by atoms with Crippen molar-refractivity contribution >= 4 is 22.0 Å². The zero-order chi connectivity index (χ0) is 14.2. The zero-order valence-electron chi connectivity index (χ0n) is 11.9. The molecule has 0 aliphatic carbocycles. The number of nitrogens with zero attached hydrogens (tertiary/aromatic N) is 1. The molecule has 19 heavy (non-hydrogen) atoms. The molecule has 1 aromatic carbocycles. The average molecular weight is 326 g/mol. The van der Waals surface area contributed by atoms with Crippen LogP contribution in [-0.4, -0.2) is 23.1 Å². The van der Waals surface area contributed by atoms with Crippen molar-refractivity contribution in [2.24, 2.45) is 0 Å². The molecule has 104 valence electrons. The van der Waals surface area contributed by atoms with Gasteiger partial charge in [0.05, 0.1) is 0 Å². The topological polar surface area (TPSA) is 29.5 Å². The number of carbonyl (C=O) groups excluding carboxylic acids is 1. The van der Waals surface area contributed by atoms with Crippen molar-refractivity contribution in [2.75, 3.05) is 6.54 Å². The lowest BCUT2D eigenvalue weighted by atomic mass is 9.98. The summed E-state index contributed by atoms with van der Waals surface area (Å²) in [5.41, 5.74) is 3.29. The number of amides is 1. The summed E-state index contributed by atoms with van der Waals surface area (Å²) in [6.45, 7) is 9.09. The first-order chi connectivity index (χ1) is 8.76. The fourth-order valence-corrected chi connectivity index (χ4v) is 3.09. The Morgan fingerprint density at radius 1 is 1.37 bits per heavy atom. The normalized spacial score (nSPS) is 15.1. The highest BCUT2D eigenvalue weighted by Crippen LogP contribution is 2.28. The van der Waals surface area contributed by atoms with Gasteiger partial charge >= 0.3 is 6.09 Å². The van der Waals surface area contributed by atoms with Crippen LogP contribution in [0, 0.1) is 6.92 Å². The van der Waals surface area contributed by atoms with Gasteiger partial charge in [-0.1, -0.05) is 22.0 Å². The number of fused-ring (bicyclic) bond motifs is 1. The minimum absolute atomic E-state index is 0.226. The molecule has 0 unspecified atom stereocenters. The Morgan fingerprint density at radius 3 is 2.68 bits per heavy atom. The molecule has 3 nitrogen and oxygen atoms in total. The van der Waals surface area contributed by atoms with Crippen LogP contribution < -0.4 is 0 Å².